The molecule has 1 aromatic carbocycles. The Morgan fingerprint density at radius 3 is 2.24 bits per heavy atom. The molecule has 0 radical (unpaired) electrons. The Balaban J connectivity index is 2.38. The molecule has 0 unspecified atom stereocenters. The van der Waals surface area contributed by atoms with Crippen LogP contribution in [0.15, 0.2) is 36.5 Å². The van der Waals surface area contributed by atoms with Gasteiger partial charge >= 0.3 is 0 Å². The Hall–Kier alpha value is -2.54. The van der Waals surface area contributed by atoms with Crippen molar-refractivity contribution in [3.05, 3.63) is 64.4 Å². The molecule has 132 valence electrons. The lowest BCUT2D eigenvalue weighted by atomic mass is 10.1. The molecular formula is C17H16ClF2N3O2. The molecule has 0 aliphatic rings. The number of hydrogen-bond donors (Lipinski definition) is 1. The smallest absolute Gasteiger partial charge is 0.267 e. The number of halogens is 3. The third-order valence-corrected chi connectivity index (χ3v) is 3.57. The van der Waals surface area contributed by atoms with Crippen LogP contribution < -0.4 is 5.43 Å². The molecule has 2 aromatic rings. The molecule has 0 aliphatic carbocycles. The van der Waals surface area contributed by atoms with Gasteiger partial charge in [0.25, 0.3) is 11.8 Å². The van der Waals surface area contributed by atoms with Crippen LogP contribution in [0.5, 0.6) is 0 Å². The van der Waals surface area contributed by atoms with E-state index in [9.17, 15) is 18.4 Å². The first-order valence-corrected chi connectivity index (χ1v) is 7.71. The molecule has 2 rings (SSSR count). The molecule has 0 atom stereocenters. The minimum absolute atomic E-state index is 0.0481. The number of aromatic nitrogens is 1. The molecule has 0 saturated carbocycles. The Labute approximate surface area is 148 Å². The molecule has 0 aliphatic heterocycles. The number of hydrazine groups is 1. The first-order valence-electron chi connectivity index (χ1n) is 7.33. The molecular weight excluding hydrogens is 352 g/mol. The molecule has 0 fully saturated rings. The van der Waals surface area contributed by atoms with Crippen molar-refractivity contribution in [2.45, 2.75) is 26.3 Å². The van der Waals surface area contributed by atoms with Crippen molar-refractivity contribution in [1.29, 1.82) is 0 Å². The van der Waals surface area contributed by atoms with E-state index in [1.54, 1.807) is 20.8 Å². The number of benzene rings is 1. The summed E-state index contributed by atoms with van der Waals surface area (Å²) in [7, 11) is 0. The number of carbonyl (C=O) groups excluding carboxylic acids is 2. The summed E-state index contributed by atoms with van der Waals surface area (Å²) in [6.07, 6.45) is 1.41. The van der Waals surface area contributed by atoms with E-state index in [0.29, 0.717) is 0 Å². The average molecular weight is 368 g/mol. The highest BCUT2D eigenvalue weighted by atomic mass is 35.5. The second-order valence-electron chi connectivity index (χ2n) is 6.19. The maximum Gasteiger partial charge on any atom is 0.275 e. The van der Waals surface area contributed by atoms with E-state index >= 15 is 0 Å². The van der Waals surface area contributed by atoms with Crippen LogP contribution in [0.4, 0.5) is 8.78 Å². The van der Waals surface area contributed by atoms with Crippen molar-refractivity contribution in [2.75, 3.05) is 0 Å². The zero-order valence-electron chi connectivity index (χ0n) is 13.8. The Kier molecular flexibility index (Phi) is 5.37. The van der Waals surface area contributed by atoms with Crippen LogP contribution >= 0.6 is 11.6 Å². The molecule has 0 saturated heterocycles. The van der Waals surface area contributed by atoms with Crippen LogP contribution in [0.3, 0.4) is 0 Å². The quantitative estimate of drug-likeness (QED) is 0.651. The second-order valence-corrected chi connectivity index (χ2v) is 6.55. The van der Waals surface area contributed by atoms with Crippen LogP contribution in [0.1, 0.15) is 41.5 Å². The fourth-order valence-corrected chi connectivity index (χ4v) is 2.26. The zero-order chi connectivity index (χ0) is 18.8. The van der Waals surface area contributed by atoms with Gasteiger partial charge in [0.2, 0.25) is 0 Å². The Bertz CT molecular complexity index is 802. The van der Waals surface area contributed by atoms with Crippen LogP contribution in [0.25, 0.3) is 0 Å². The van der Waals surface area contributed by atoms with E-state index in [1.807, 2.05) is 0 Å². The average Bonchev–Trinajstić information content (AvgIpc) is 2.51. The van der Waals surface area contributed by atoms with Gasteiger partial charge in [-0.2, -0.15) is 0 Å². The van der Waals surface area contributed by atoms with E-state index in [-0.39, 0.29) is 10.7 Å². The normalized spacial score (nSPS) is 11.1. The summed E-state index contributed by atoms with van der Waals surface area (Å²) in [5, 5.41) is 0.914. The fraction of sp³-hybridized carbons (Fsp3) is 0.235. The predicted octanol–water partition coefficient (Wildman–Crippen LogP) is 3.60. The van der Waals surface area contributed by atoms with Gasteiger partial charge in [-0.15, -0.1) is 0 Å². The van der Waals surface area contributed by atoms with Gasteiger partial charge in [-0.05, 0) is 45.0 Å². The molecule has 1 aromatic heterocycles. The van der Waals surface area contributed by atoms with E-state index in [4.69, 9.17) is 11.6 Å². The first kappa shape index (κ1) is 18.8. The highest BCUT2D eigenvalue weighted by molar-refractivity contribution is 6.32. The molecule has 0 bridgehead atoms. The summed E-state index contributed by atoms with van der Waals surface area (Å²) < 4.78 is 27.6. The van der Waals surface area contributed by atoms with Crippen LogP contribution in [-0.2, 0) is 0 Å². The maximum absolute atomic E-state index is 13.8. The number of nitrogens with zero attached hydrogens (tertiary/aromatic N) is 2. The SMILES string of the molecule is CC(C)(C)N(NC(=O)c1c(F)cccc1F)C(=O)c1cccnc1Cl. The standard InChI is InChI=1S/C17H16ClF2N3O2/c1-17(2,3)23(16(25)10-6-5-9-21-14(10)18)22-15(24)13-11(19)7-4-8-12(13)20/h4-9H,1-3H3,(H,22,24). The van der Waals surface area contributed by atoms with E-state index in [0.717, 1.165) is 23.2 Å². The topological polar surface area (TPSA) is 62.3 Å². The first-order chi connectivity index (χ1) is 11.6. The van der Waals surface area contributed by atoms with Gasteiger partial charge in [0, 0.05) is 6.20 Å². The van der Waals surface area contributed by atoms with Gasteiger partial charge in [0.1, 0.15) is 22.4 Å². The largest absolute Gasteiger partial charge is 0.275 e. The number of pyridine rings is 1. The highest BCUT2D eigenvalue weighted by Gasteiger charge is 2.32. The van der Waals surface area contributed by atoms with Crippen molar-refractivity contribution in [3.8, 4) is 0 Å². The predicted molar refractivity (Wildman–Crippen MR) is 89.0 cm³/mol. The Morgan fingerprint density at radius 2 is 1.72 bits per heavy atom. The molecule has 1 N–H and O–H groups in total. The van der Waals surface area contributed by atoms with Gasteiger partial charge in [-0.25, -0.2) is 18.8 Å². The highest BCUT2D eigenvalue weighted by Crippen LogP contribution is 2.20. The van der Waals surface area contributed by atoms with E-state index in [1.165, 1.54) is 18.3 Å². The lowest BCUT2D eigenvalue weighted by molar-refractivity contribution is 0.0355. The van der Waals surface area contributed by atoms with Crippen molar-refractivity contribution >= 4 is 23.4 Å². The van der Waals surface area contributed by atoms with E-state index < -0.39 is 34.6 Å². The van der Waals surface area contributed by atoms with Crippen molar-refractivity contribution in [2.24, 2.45) is 0 Å². The number of carbonyl (C=O) groups is 2. The number of nitrogens with one attached hydrogen (secondary N) is 1. The summed E-state index contributed by atoms with van der Waals surface area (Å²) in [5.41, 5.74) is 0.637. The molecule has 5 nitrogen and oxygen atoms in total. The summed E-state index contributed by atoms with van der Waals surface area (Å²) in [4.78, 5) is 28.9. The van der Waals surface area contributed by atoms with Gasteiger partial charge in [-0.1, -0.05) is 17.7 Å². The summed E-state index contributed by atoms with van der Waals surface area (Å²) in [6.45, 7) is 4.94. The van der Waals surface area contributed by atoms with Crippen molar-refractivity contribution < 1.29 is 18.4 Å². The minimum atomic E-state index is -1.08. The second kappa shape index (κ2) is 7.14. The van der Waals surface area contributed by atoms with Gasteiger partial charge in [-0.3, -0.25) is 15.0 Å². The van der Waals surface area contributed by atoms with Gasteiger partial charge in [0.05, 0.1) is 11.1 Å². The van der Waals surface area contributed by atoms with Crippen LogP contribution in [-0.4, -0.2) is 27.3 Å². The zero-order valence-corrected chi connectivity index (χ0v) is 14.6. The third kappa shape index (κ3) is 4.11. The summed E-state index contributed by atoms with van der Waals surface area (Å²) >= 11 is 5.93. The van der Waals surface area contributed by atoms with Gasteiger partial charge in [0.15, 0.2) is 0 Å². The summed E-state index contributed by atoms with van der Waals surface area (Å²) in [5.74, 6) is -3.80. The lowest BCUT2D eigenvalue weighted by Crippen LogP contribution is -2.56. The summed E-state index contributed by atoms with van der Waals surface area (Å²) in [6, 6.07) is 6.01. The monoisotopic (exact) mass is 367 g/mol. The molecule has 8 heteroatoms. The Morgan fingerprint density at radius 1 is 1.12 bits per heavy atom. The van der Waals surface area contributed by atoms with Gasteiger partial charge < -0.3 is 0 Å². The molecule has 0 spiro atoms. The molecule has 25 heavy (non-hydrogen) atoms. The number of amides is 2. The lowest BCUT2D eigenvalue weighted by Gasteiger charge is -2.35. The third-order valence-electron chi connectivity index (χ3n) is 3.27. The minimum Gasteiger partial charge on any atom is -0.267 e. The molecule has 1 heterocycles. The van der Waals surface area contributed by atoms with Crippen LogP contribution in [0, 0.1) is 11.6 Å². The van der Waals surface area contributed by atoms with Crippen LogP contribution in [0.2, 0.25) is 5.15 Å². The number of hydrogen-bond acceptors (Lipinski definition) is 3. The van der Waals surface area contributed by atoms with E-state index in [2.05, 4.69) is 10.4 Å². The fourth-order valence-electron chi connectivity index (χ4n) is 2.06. The molecule has 2 amide bonds. The maximum atomic E-state index is 13.8. The number of rotatable bonds is 2. The van der Waals surface area contributed by atoms with Crippen molar-refractivity contribution in [3.63, 3.8) is 0 Å². The van der Waals surface area contributed by atoms with Crippen molar-refractivity contribution in [1.82, 2.24) is 15.4 Å².